The number of hydrogen-bond acceptors (Lipinski definition) is 5. The van der Waals surface area contributed by atoms with Crippen LogP contribution in [0, 0.1) is 49.5 Å². The summed E-state index contributed by atoms with van der Waals surface area (Å²) in [6.07, 6.45) is 0. The van der Waals surface area contributed by atoms with Crippen LogP contribution in [0.3, 0.4) is 0 Å². The van der Waals surface area contributed by atoms with Gasteiger partial charge in [0.25, 0.3) is 0 Å². The van der Waals surface area contributed by atoms with Crippen LogP contribution in [0.1, 0.15) is 35.3 Å². The largest absolute Gasteiger partial charge is 0.323 e. The fraction of sp³-hybridized carbons (Fsp3) is 0.381. The second-order valence-electron chi connectivity index (χ2n) is 7.64. The van der Waals surface area contributed by atoms with Crippen molar-refractivity contribution in [2.45, 2.75) is 47.7 Å². The molecule has 0 aliphatic heterocycles. The third-order valence-corrected chi connectivity index (χ3v) is 5.33. The van der Waals surface area contributed by atoms with E-state index >= 15 is 0 Å². The Kier molecular flexibility index (Phi) is 6.19. The van der Waals surface area contributed by atoms with E-state index in [1.807, 2.05) is 6.92 Å². The molecule has 1 aromatic carbocycles. The van der Waals surface area contributed by atoms with Crippen molar-refractivity contribution in [2.75, 3.05) is 5.32 Å². The zero-order valence-electron chi connectivity index (χ0n) is 18.1. The van der Waals surface area contributed by atoms with Crippen LogP contribution < -0.4 is 5.32 Å². The lowest BCUT2D eigenvalue weighted by Crippen LogP contribution is -2.25. The Balaban J connectivity index is 1.75. The molecular formula is C21H25FN6O3. The maximum absolute atomic E-state index is 14.0. The van der Waals surface area contributed by atoms with Crippen LogP contribution in [0.4, 0.5) is 15.8 Å². The summed E-state index contributed by atoms with van der Waals surface area (Å²) < 4.78 is 17.1. The topological polar surface area (TPSA) is 108 Å². The van der Waals surface area contributed by atoms with E-state index in [0.717, 1.165) is 0 Å². The van der Waals surface area contributed by atoms with Gasteiger partial charge in [-0.1, -0.05) is 25.1 Å². The summed E-state index contributed by atoms with van der Waals surface area (Å²) in [5, 5.41) is 22.7. The Hall–Kier alpha value is -3.56. The summed E-state index contributed by atoms with van der Waals surface area (Å²) in [6.45, 7) is 8.95. The molecule has 3 aromatic rings. The van der Waals surface area contributed by atoms with Gasteiger partial charge >= 0.3 is 5.69 Å². The molecule has 1 atom stereocenters. The average molecular weight is 428 g/mol. The van der Waals surface area contributed by atoms with Crippen molar-refractivity contribution in [3.05, 3.63) is 68.5 Å². The molecular weight excluding hydrogens is 403 g/mol. The van der Waals surface area contributed by atoms with Gasteiger partial charge in [-0.3, -0.25) is 24.3 Å². The third kappa shape index (κ3) is 4.47. The molecule has 0 aliphatic rings. The fourth-order valence-corrected chi connectivity index (χ4v) is 3.54. The maximum atomic E-state index is 14.0. The van der Waals surface area contributed by atoms with E-state index in [9.17, 15) is 19.3 Å². The monoisotopic (exact) mass is 428 g/mol. The molecule has 0 fully saturated rings. The van der Waals surface area contributed by atoms with Gasteiger partial charge in [-0.05, 0) is 33.8 Å². The minimum atomic E-state index is -0.494. The molecule has 0 spiro atoms. The quantitative estimate of drug-likeness (QED) is 0.456. The zero-order valence-corrected chi connectivity index (χ0v) is 18.1. The molecule has 1 unspecified atom stereocenters. The normalized spacial score (nSPS) is 12.1. The van der Waals surface area contributed by atoms with E-state index in [-0.39, 0.29) is 30.5 Å². The van der Waals surface area contributed by atoms with Crippen molar-refractivity contribution in [1.29, 1.82) is 0 Å². The molecule has 0 radical (unpaired) electrons. The maximum Gasteiger partial charge on any atom is 0.312 e. The third-order valence-electron chi connectivity index (χ3n) is 5.33. The summed E-state index contributed by atoms with van der Waals surface area (Å²) in [6, 6.07) is 6.48. The van der Waals surface area contributed by atoms with E-state index < -0.39 is 10.8 Å². The molecule has 164 valence electrons. The van der Waals surface area contributed by atoms with Crippen LogP contribution >= 0.6 is 0 Å². The number of nitro groups is 1. The molecule has 0 bridgehead atoms. The number of carbonyl (C=O) groups excluding carboxylic acids is 1. The summed E-state index contributed by atoms with van der Waals surface area (Å²) in [5.41, 5.74) is 3.11. The highest BCUT2D eigenvalue weighted by atomic mass is 19.1. The molecule has 9 nitrogen and oxygen atoms in total. The Morgan fingerprint density at radius 1 is 1.13 bits per heavy atom. The molecule has 10 heteroatoms. The van der Waals surface area contributed by atoms with Gasteiger partial charge in [-0.15, -0.1) is 0 Å². The second kappa shape index (κ2) is 8.66. The Morgan fingerprint density at radius 3 is 2.39 bits per heavy atom. The standard InChI is InChI=1S/C21H25FN6O3/c1-12(10-26-16(5)20(28(30)31)14(3)25-26)21(29)23-19-13(2)24-27(15(19)4)11-17-8-6-7-9-18(17)22/h6-9,12H,10-11H2,1-5H3,(H,23,29). The van der Waals surface area contributed by atoms with Crippen LogP contribution in [-0.4, -0.2) is 30.4 Å². The molecule has 0 saturated heterocycles. The first-order chi connectivity index (χ1) is 14.6. The number of benzene rings is 1. The highest BCUT2D eigenvalue weighted by Crippen LogP contribution is 2.24. The number of carbonyl (C=O) groups is 1. The van der Waals surface area contributed by atoms with Crippen LogP contribution in [-0.2, 0) is 17.9 Å². The Labute approximate surface area is 179 Å². The van der Waals surface area contributed by atoms with Gasteiger partial charge in [0.1, 0.15) is 17.2 Å². The number of amides is 1. The molecule has 2 heterocycles. The van der Waals surface area contributed by atoms with Crippen molar-refractivity contribution in [3.8, 4) is 0 Å². The predicted molar refractivity (Wildman–Crippen MR) is 113 cm³/mol. The van der Waals surface area contributed by atoms with Gasteiger partial charge in [-0.2, -0.15) is 10.2 Å². The molecule has 2 aromatic heterocycles. The van der Waals surface area contributed by atoms with Gasteiger partial charge < -0.3 is 5.32 Å². The highest BCUT2D eigenvalue weighted by Gasteiger charge is 2.25. The molecule has 1 N–H and O–H groups in total. The lowest BCUT2D eigenvalue weighted by molar-refractivity contribution is -0.386. The first-order valence-electron chi connectivity index (χ1n) is 9.86. The minimum Gasteiger partial charge on any atom is -0.323 e. The van der Waals surface area contributed by atoms with Gasteiger partial charge in [0.15, 0.2) is 0 Å². The van der Waals surface area contributed by atoms with E-state index in [1.54, 1.807) is 50.6 Å². The number of hydrogen-bond donors (Lipinski definition) is 1. The van der Waals surface area contributed by atoms with Gasteiger partial charge in [-0.25, -0.2) is 4.39 Å². The minimum absolute atomic E-state index is 0.0336. The lowest BCUT2D eigenvalue weighted by atomic mass is 10.1. The van der Waals surface area contributed by atoms with E-state index in [2.05, 4.69) is 15.5 Å². The number of aromatic nitrogens is 4. The van der Waals surface area contributed by atoms with Gasteiger partial charge in [0.05, 0.1) is 41.0 Å². The van der Waals surface area contributed by atoms with Gasteiger partial charge in [0.2, 0.25) is 5.91 Å². The second-order valence-corrected chi connectivity index (χ2v) is 7.64. The van der Waals surface area contributed by atoms with Crippen LogP contribution in [0.5, 0.6) is 0 Å². The molecule has 0 aliphatic carbocycles. The zero-order chi connectivity index (χ0) is 22.9. The number of nitrogens with one attached hydrogen (secondary N) is 1. The van der Waals surface area contributed by atoms with Crippen LogP contribution in [0.2, 0.25) is 0 Å². The average Bonchev–Trinajstić information content (AvgIpc) is 3.12. The smallest absolute Gasteiger partial charge is 0.312 e. The number of rotatable bonds is 7. The van der Waals surface area contributed by atoms with Crippen molar-refractivity contribution in [3.63, 3.8) is 0 Å². The molecule has 3 rings (SSSR count). The van der Waals surface area contributed by atoms with Crippen molar-refractivity contribution < 1.29 is 14.1 Å². The molecule has 1 amide bonds. The summed E-state index contributed by atoms with van der Waals surface area (Å²) >= 11 is 0. The number of aryl methyl sites for hydroxylation is 2. The van der Waals surface area contributed by atoms with Crippen molar-refractivity contribution in [1.82, 2.24) is 19.6 Å². The highest BCUT2D eigenvalue weighted by molar-refractivity contribution is 5.93. The first-order valence-corrected chi connectivity index (χ1v) is 9.86. The summed E-state index contributed by atoms with van der Waals surface area (Å²) in [4.78, 5) is 23.5. The summed E-state index contributed by atoms with van der Waals surface area (Å²) in [5.74, 6) is -1.06. The lowest BCUT2D eigenvalue weighted by Gasteiger charge is -2.13. The fourth-order valence-electron chi connectivity index (χ4n) is 3.54. The molecule has 31 heavy (non-hydrogen) atoms. The number of halogens is 1. The summed E-state index contributed by atoms with van der Waals surface area (Å²) in [7, 11) is 0. The van der Waals surface area contributed by atoms with E-state index in [1.165, 1.54) is 10.7 Å². The van der Waals surface area contributed by atoms with Crippen molar-refractivity contribution >= 4 is 17.3 Å². The Bertz CT molecular complexity index is 1150. The predicted octanol–water partition coefficient (Wildman–Crippen LogP) is 3.68. The SMILES string of the molecule is Cc1nn(Cc2ccccc2F)c(C)c1NC(=O)C(C)Cn1nc(C)c([N+](=O)[O-])c1C. The van der Waals surface area contributed by atoms with Crippen LogP contribution in [0.15, 0.2) is 24.3 Å². The number of nitrogens with zero attached hydrogens (tertiary/aromatic N) is 5. The first kappa shape index (κ1) is 22.1. The molecule has 0 saturated carbocycles. The van der Waals surface area contributed by atoms with E-state index in [4.69, 9.17) is 0 Å². The van der Waals surface area contributed by atoms with Crippen LogP contribution in [0.25, 0.3) is 0 Å². The number of anilines is 1. The van der Waals surface area contributed by atoms with Crippen molar-refractivity contribution in [2.24, 2.45) is 5.92 Å². The van der Waals surface area contributed by atoms with Gasteiger partial charge in [0, 0.05) is 5.56 Å². The van der Waals surface area contributed by atoms with E-state index in [0.29, 0.717) is 34.0 Å². The Morgan fingerprint density at radius 2 is 1.77 bits per heavy atom.